The van der Waals surface area contributed by atoms with Gasteiger partial charge in [-0.05, 0) is 138 Å². The van der Waals surface area contributed by atoms with Gasteiger partial charge in [0.25, 0.3) is 0 Å². The van der Waals surface area contributed by atoms with Gasteiger partial charge < -0.3 is 46.9 Å². The summed E-state index contributed by atoms with van der Waals surface area (Å²) in [6.07, 6.45) is 15.5. The van der Waals surface area contributed by atoms with Crippen LogP contribution in [0.4, 0.5) is 0 Å². The predicted molar refractivity (Wildman–Crippen MR) is 308 cm³/mol. The Hall–Kier alpha value is -3.69. The third-order valence-corrected chi connectivity index (χ3v) is 20.5. The smallest absolute Gasteiger partial charge is 0.496 e. The van der Waals surface area contributed by atoms with Crippen molar-refractivity contribution in [3.05, 3.63) is 111 Å². The summed E-state index contributed by atoms with van der Waals surface area (Å²) in [6.45, 7) is 24.3. The standard InChI is InChI=1S/C26H37NO4Si.C16H24BNO4.C10H12BrNO2.C5H3BrClN/c1-26(2,3)32(5,6)31-22-10-9-21-20(22)8-11-23(28-4)25(21)18-7-12-24(27-17-18)30-19-13-15-29-16-14-19;1-15(2)16(3,4)22-17(21-15)12-5-6-14(18-11-12)20-13-7-9-19-10-8-13;11-8-1-2-10(12-7-8)14-9-3-5-13-6-4-9;6-4-1-2-5(7)8-3-4/h7-8,11-12,17,19,22H,9-10,13-16H2,1-6H3;5-6,11,13H,7-10H2,1-4H3;1-2,7,9H,3-6H2;1-3H/t22-;;;/m0.../s1. The van der Waals surface area contributed by atoms with Gasteiger partial charge >= 0.3 is 7.12 Å². The van der Waals surface area contributed by atoms with Gasteiger partial charge in [-0.25, -0.2) is 19.9 Å². The molecule has 1 aliphatic carbocycles. The van der Waals surface area contributed by atoms with E-state index >= 15 is 0 Å². The molecule has 0 N–H and O–H groups in total. The summed E-state index contributed by atoms with van der Waals surface area (Å²) in [7, 11) is -0.499. The van der Waals surface area contributed by atoms with E-state index in [1.54, 1.807) is 31.8 Å². The first-order valence-corrected chi connectivity index (χ1v) is 31.3. The van der Waals surface area contributed by atoms with Crippen molar-refractivity contribution in [1.82, 2.24) is 19.9 Å². The molecule has 4 aliphatic heterocycles. The van der Waals surface area contributed by atoms with Crippen molar-refractivity contribution < 1.29 is 46.9 Å². The lowest BCUT2D eigenvalue weighted by molar-refractivity contribution is 0.00578. The van der Waals surface area contributed by atoms with E-state index < -0.39 is 8.32 Å². The molecule has 0 bridgehead atoms. The van der Waals surface area contributed by atoms with Crippen LogP contribution in [0.15, 0.2) is 94.4 Å². The Bertz CT molecular complexity index is 2530. The average molecular weight is 1210 g/mol. The summed E-state index contributed by atoms with van der Waals surface area (Å²) < 4.78 is 60.2. The first-order chi connectivity index (χ1) is 36.2. The molecule has 10 rings (SSSR count). The largest absolute Gasteiger partial charge is 0.496 e. The minimum absolute atomic E-state index is 0.152. The van der Waals surface area contributed by atoms with Crippen molar-refractivity contribution in [2.45, 2.75) is 154 Å². The summed E-state index contributed by atoms with van der Waals surface area (Å²) in [5.41, 5.74) is 5.06. The zero-order chi connectivity index (χ0) is 54.5. The lowest BCUT2D eigenvalue weighted by Gasteiger charge is -2.38. The molecule has 14 nitrogen and oxygen atoms in total. The van der Waals surface area contributed by atoms with Crippen LogP contribution in [0.1, 0.15) is 111 Å². The molecule has 1 aromatic carbocycles. The highest BCUT2D eigenvalue weighted by Crippen LogP contribution is 2.48. The number of fused-ring (bicyclic) bond motifs is 1. The SMILES string of the molecule is Brc1ccc(OC2CCOCC2)nc1.CC1(C)OB(c2ccc(OC3CCOCC3)nc2)OC1(C)C.COc1ccc2c(c1-c1ccc(OC3CCOCC3)nc1)CC[C@@H]2O[Si](C)(C)C(C)(C)C.Clc1ccc(Br)cn1. The second-order valence-corrected chi connectivity index (χ2v) is 28.9. The molecule has 0 radical (unpaired) electrons. The Morgan fingerprint density at radius 1 is 0.605 bits per heavy atom. The van der Waals surface area contributed by atoms with Crippen LogP contribution in [-0.2, 0) is 34.4 Å². The summed E-state index contributed by atoms with van der Waals surface area (Å²) in [4.78, 5) is 17.0. The van der Waals surface area contributed by atoms with Crippen molar-refractivity contribution in [3.8, 4) is 34.5 Å². The van der Waals surface area contributed by atoms with Gasteiger partial charge in [-0.2, -0.15) is 0 Å². The van der Waals surface area contributed by atoms with Crippen LogP contribution in [0.25, 0.3) is 11.1 Å². The summed E-state index contributed by atoms with van der Waals surface area (Å²) in [5.74, 6) is 2.90. The number of hydrogen-bond acceptors (Lipinski definition) is 14. The van der Waals surface area contributed by atoms with E-state index in [9.17, 15) is 0 Å². The molecule has 0 saturated carbocycles. The van der Waals surface area contributed by atoms with Gasteiger partial charge in [-0.1, -0.05) is 44.5 Å². The molecule has 4 aromatic heterocycles. The van der Waals surface area contributed by atoms with Gasteiger partial charge in [0.1, 0.15) is 29.2 Å². The number of ether oxygens (including phenoxy) is 7. The van der Waals surface area contributed by atoms with Gasteiger partial charge in [-0.3, -0.25) is 0 Å². The highest BCUT2D eigenvalue weighted by atomic mass is 79.9. The molecule has 76 heavy (non-hydrogen) atoms. The van der Waals surface area contributed by atoms with Crippen LogP contribution in [0.5, 0.6) is 23.4 Å². The van der Waals surface area contributed by atoms with Crippen molar-refractivity contribution in [3.63, 3.8) is 0 Å². The zero-order valence-electron chi connectivity index (χ0n) is 45.9. The lowest BCUT2D eigenvalue weighted by Crippen LogP contribution is -2.41. The van der Waals surface area contributed by atoms with Gasteiger partial charge in [-0.15, -0.1) is 0 Å². The van der Waals surface area contributed by atoms with Crippen molar-refractivity contribution in [2.24, 2.45) is 0 Å². The molecule has 412 valence electrons. The van der Waals surface area contributed by atoms with Crippen molar-refractivity contribution in [2.75, 3.05) is 46.8 Å². The van der Waals surface area contributed by atoms with Gasteiger partial charge in [0, 0.05) is 101 Å². The van der Waals surface area contributed by atoms with E-state index in [0.717, 1.165) is 122 Å². The fraction of sp³-hybridized carbons (Fsp3) is 0.544. The maximum atomic E-state index is 6.81. The molecule has 8 heterocycles. The average Bonchev–Trinajstić information content (AvgIpc) is 3.91. The first kappa shape index (κ1) is 60.0. The third kappa shape index (κ3) is 16.9. The number of benzene rings is 1. The minimum atomic E-state index is -1.86. The predicted octanol–water partition coefficient (Wildman–Crippen LogP) is 13.2. The van der Waals surface area contributed by atoms with Crippen LogP contribution >= 0.6 is 43.5 Å². The fourth-order valence-electron chi connectivity index (χ4n) is 8.65. The second-order valence-electron chi connectivity index (χ2n) is 21.9. The molecular formula is C57H76BBr2ClN4O10Si. The summed E-state index contributed by atoms with van der Waals surface area (Å²) >= 11 is 12.0. The molecule has 5 aliphatic rings. The van der Waals surface area contributed by atoms with Crippen LogP contribution < -0.4 is 24.4 Å². The van der Waals surface area contributed by atoms with E-state index in [1.165, 1.54) is 11.1 Å². The van der Waals surface area contributed by atoms with Gasteiger partial charge in [0.2, 0.25) is 17.6 Å². The molecule has 4 fully saturated rings. The van der Waals surface area contributed by atoms with E-state index in [1.807, 2.05) is 70.3 Å². The molecule has 0 amide bonds. The Labute approximate surface area is 473 Å². The third-order valence-electron chi connectivity index (χ3n) is 14.8. The van der Waals surface area contributed by atoms with Crippen LogP contribution in [0, 0.1) is 0 Å². The number of rotatable bonds is 11. The highest BCUT2D eigenvalue weighted by Gasteiger charge is 2.52. The summed E-state index contributed by atoms with van der Waals surface area (Å²) in [6, 6.07) is 19.6. The van der Waals surface area contributed by atoms with E-state index in [-0.39, 0.29) is 47.8 Å². The summed E-state index contributed by atoms with van der Waals surface area (Å²) in [5, 5.41) is 0.711. The van der Waals surface area contributed by atoms with E-state index in [4.69, 9.17) is 58.5 Å². The zero-order valence-corrected chi connectivity index (χ0v) is 50.8. The molecule has 1 atom stereocenters. The topological polar surface area (TPSA) is 144 Å². The van der Waals surface area contributed by atoms with Gasteiger partial charge in [0.05, 0.1) is 64.1 Å². The molecule has 5 aromatic rings. The number of aromatic nitrogens is 4. The number of nitrogens with zero attached hydrogens (tertiary/aromatic N) is 4. The van der Waals surface area contributed by atoms with Crippen LogP contribution in [-0.4, -0.2) is 112 Å². The van der Waals surface area contributed by atoms with Crippen molar-refractivity contribution >= 4 is 64.4 Å². The first-order valence-electron chi connectivity index (χ1n) is 26.5. The minimum Gasteiger partial charge on any atom is -0.496 e. The molecular weight excluding hydrogens is 1130 g/mol. The normalized spacial score (nSPS) is 19.6. The maximum absolute atomic E-state index is 6.81. The number of methoxy groups -OCH3 is 1. The van der Waals surface area contributed by atoms with Crippen LogP contribution in [0.3, 0.4) is 0 Å². The van der Waals surface area contributed by atoms with Crippen molar-refractivity contribution in [1.29, 1.82) is 0 Å². The second kappa shape index (κ2) is 27.5. The van der Waals surface area contributed by atoms with E-state index in [2.05, 4.69) is 104 Å². The Kier molecular flexibility index (Phi) is 21.7. The van der Waals surface area contributed by atoms with Crippen LogP contribution in [0.2, 0.25) is 23.3 Å². The number of hydrogen-bond donors (Lipinski definition) is 0. The quantitative estimate of drug-likeness (QED) is 0.0914. The Morgan fingerprint density at radius 3 is 1.49 bits per heavy atom. The molecule has 19 heteroatoms. The fourth-order valence-corrected chi connectivity index (χ4v) is 10.5. The Morgan fingerprint density at radius 2 is 1.08 bits per heavy atom. The number of pyridine rings is 4. The van der Waals surface area contributed by atoms with E-state index in [0.29, 0.717) is 22.8 Å². The van der Waals surface area contributed by atoms with Gasteiger partial charge in [0.15, 0.2) is 8.32 Å². The maximum Gasteiger partial charge on any atom is 0.496 e. The molecule has 0 spiro atoms. The molecule has 4 saturated heterocycles. The monoisotopic (exact) mass is 1210 g/mol. The highest BCUT2D eigenvalue weighted by molar-refractivity contribution is 9.10. The Balaban J connectivity index is 0.000000164. The lowest BCUT2D eigenvalue weighted by atomic mass is 9.80. The number of halogens is 3. The molecule has 0 unspecified atom stereocenters.